The highest BCUT2D eigenvalue weighted by atomic mass is 16.5. The van der Waals surface area contributed by atoms with Crippen molar-refractivity contribution in [2.75, 3.05) is 18.6 Å². The van der Waals surface area contributed by atoms with E-state index in [1.807, 2.05) is 89.3 Å². The first-order valence-electron chi connectivity index (χ1n) is 16.8. The Bertz CT molecular complexity index is 1180. The van der Waals surface area contributed by atoms with Gasteiger partial charge >= 0.3 is 5.91 Å². The van der Waals surface area contributed by atoms with E-state index in [9.17, 15) is 4.79 Å². The fourth-order valence-electron chi connectivity index (χ4n) is 5.56. The average molecular weight is 588 g/mol. The Hall–Kier alpha value is -3.34. The van der Waals surface area contributed by atoms with E-state index in [4.69, 9.17) is 9.47 Å². The lowest BCUT2D eigenvalue weighted by atomic mass is 10.0. The third-order valence-electron chi connectivity index (χ3n) is 8.14. The maximum absolute atomic E-state index is 13.8. The first kappa shape index (κ1) is 34.2. The summed E-state index contributed by atoms with van der Waals surface area (Å²) in [6.07, 6.45) is 20.8. The smallest absolute Gasteiger partial charge is 0.323 e. The zero-order valence-electron chi connectivity index (χ0n) is 27.1. The van der Waals surface area contributed by atoms with Gasteiger partial charge in [0.2, 0.25) is 0 Å². The third kappa shape index (κ3) is 12.1. The van der Waals surface area contributed by atoms with Crippen LogP contribution >= 0.6 is 0 Å². The maximum Gasteiger partial charge on any atom is 0.323 e. The number of amides is 1. The summed E-state index contributed by atoms with van der Waals surface area (Å²) < 4.78 is 13.8. The van der Waals surface area contributed by atoms with Crippen molar-refractivity contribution in [1.29, 1.82) is 0 Å². The van der Waals surface area contributed by atoms with Gasteiger partial charge in [-0.25, -0.2) is 0 Å². The highest BCUT2D eigenvalue weighted by molar-refractivity contribution is 6.03. The number of rotatable bonds is 22. The quantitative estimate of drug-likeness (QED) is 0.0868. The summed E-state index contributed by atoms with van der Waals surface area (Å²) >= 11 is 0. The Morgan fingerprint density at radius 3 is 1.91 bits per heavy atom. The summed E-state index contributed by atoms with van der Waals surface area (Å²) in [5.74, 6) is 1.42. The van der Waals surface area contributed by atoms with E-state index < -0.39 is 0 Å². The third-order valence-corrected chi connectivity index (χ3v) is 8.14. The number of carbonyl (C=O) groups is 1. The fraction of sp³-hybridized carbons (Fsp3) is 0.526. The number of carbonyl (C=O) groups excluding carboxylic acids is 1. The summed E-state index contributed by atoms with van der Waals surface area (Å²) in [5.41, 5.74) is 2.50. The van der Waals surface area contributed by atoms with Crippen molar-refractivity contribution in [3.63, 3.8) is 0 Å². The van der Waals surface area contributed by atoms with E-state index in [1.54, 1.807) is 7.11 Å². The SMILES string of the molecule is CCCCCCCCCCCCCCCCOc1ccc(CN(C(=O)c2cccc[n+]2CC)c2ccccc2)cc1OC. The molecule has 0 atom stereocenters. The first-order chi connectivity index (χ1) is 21.2. The molecule has 0 aliphatic carbocycles. The van der Waals surface area contributed by atoms with Crippen molar-refractivity contribution in [3.8, 4) is 11.5 Å². The number of ether oxygens (including phenoxy) is 2. The van der Waals surface area contributed by atoms with Gasteiger partial charge < -0.3 is 9.47 Å². The molecule has 0 saturated heterocycles. The number of hydrogen-bond acceptors (Lipinski definition) is 3. The van der Waals surface area contributed by atoms with E-state index in [0.717, 1.165) is 30.0 Å². The number of benzene rings is 2. The van der Waals surface area contributed by atoms with Crippen LogP contribution in [0.1, 0.15) is 120 Å². The van der Waals surface area contributed by atoms with Gasteiger partial charge in [-0.15, -0.1) is 0 Å². The monoisotopic (exact) mass is 587 g/mol. The minimum Gasteiger partial charge on any atom is -0.493 e. The van der Waals surface area contributed by atoms with Crippen LogP contribution in [-0.2, 0) is 13.1 Å². The zero-order chi connectivity index (χ0) is 30.5. The Morgan fingerprint density at radius 1 is 0.698 bits per heavy atom. The molecule has 0 spiro atoms. The first-order valence-corrected chi connectivity index (χ1v) is 16.8. The van der Waals surface area contributed by atoms with E-state index in [1.165, 1.54) is 83.5 Å². The molecule has 1 amide bonds. The number of methoxy groups -OCH3 is 1. The maximum atomic E-state index is 13.8. The highest BCUT2D eigenvalue weighted by Gasteiger charge is 2.26. The van der Waals surface area contributed by atoms with Gasteiger partial charge in [0.1, 0.15) is 6.54 Å². The molecule has 5 nitrogen and oxygen atoms in total. The summed E-state index contributed by atoms with van der Waals surface area (Å²) in [6, 6.07) is 21.6. The highest BCUT2D eigenvalue weighted by Crippen LogP contribution is 2.30. The largest absolute Gasteiger partial charge is 0.493 e. The lowest BCUT2D eigenvalue weighted by Crippen LogP contribution is -2.44. The van der Waals surface area contributed by atoms with Crippen LogP contribution in [0.2, 0.25) is 0 Å². The van der Waals surface area contributed by atoms with Crippen molar-refractivity contribution < 1.29 is 18.8 Å². The second-order valence-electron chi connectivity index (χ2n) is 11.5. The summed E-state index contributed by atoms with van der Waals surface area (Å²) in [5, 5.41) is 0. The lowest BCUT2D eigenvalue weighted by Gasteiger charge is -2.22. The number of nitrogens with zero attached hydrogens (tertiary/aromatic N) is 2. The second-order valence-corrected chi connectivity index (χ2v) is 11.5. The molecule has 0 fully saturated rings. The molecule has 0 radical (unpaired) electrons. The van der Waals surface area contributed by atoms with Crippen molar-refractivity contribution in [3.05, 3.63) is 84.2 Å². The molecule has 0 bridgehead atoms. The molecule has 2 aromatic carbocycles. The molecule has 5 heteroatoms. The Kier molecular flexibility index (Phi) is 16.3. The number of anilines is 1. The minimum atomic E-state index is -0.0363. The van der Waals surface area contributed by atoms with E-state index >= 15 is 0 Å². The van der Waals surface area contributed by atoms with Crippen molar-refractivity contribution in [1.82, 2.24) is 0 Å². The summed E-state index contributed by atoms with van der Waals surface area (Å²) in [7, 11) is 1.67. The molecule has 1 aromatic heterocycles. The van der Waals surface area contributed by atoms with Crippen LogP contribution in [0, 0.1) is 0 Å². The Balaban J connectivity index is 1.44. The van der Waals surface area contributed by atoms with Gasteiger partial charge in [-0.1, -0.05) is 115 Å². The molecule has 3 aromatic rings. The number of unbranched alkanes of at least 4 members (excludes halogenated alkanes) is 13. The Morgan fingerprint density at radius 2 is 1.30 bits per heavy atom. The molecule has 3 rings (SSSR count). The van der Waals surface area contributed by atoms with Crippen LogP contribution < -0.4 is 18.9 Å². The Labute approximate surface area is 261 Å². The van der Waals surface area contributed by atoms with Gasteiger partial charge in [0, 0.05) is 17.8 Å². The lowest BCUT2D eigenvalue weighted by molar-refractivity contribution is -0.695. The fourth-order valence-corrected chi connectivity index (χ4v) is 5.56. The van der Waals surface area contributed by atoms with Crippen LogP contribution in [0.3, 0.4) is 0 Å². The van der Waals surface area contributed by atoms with Crippen LogP contribution in [0.15, 0.2) is 72.9 Å². The molecule has 0 aliphatic rings. The number of para-hydroxylation sites is 1. The van der Waals surface area contributed by atoms with Crippen LogP contribution in [-0.4, -0.2) is 19.6 Å². The predicted octanol–water partition coefficient (Wildman–Crippen LogP) is 9.71. The van der Waals surface area contributed by atoms with Gasteiger partial charge in [0.15, 0.2) is 17.7 Å². The number of hydrogen-bond donors (Lipinski definition) is 0. The van der Waals surface area contributed by atoms with Crippen LogP contribution in [0.4, 0.5) is 5.69 Å². The summed E-state index contributed by atoms with van der Waals surface area (Å²) in [4.78, 5) is 15.6. The molecular weight excluding hydrogens is 532 g/mol. The normalized spacial score (nSPS) is 11.0. The van der Waals surface area contributed by atoms with Crippen molar-refractivity contribution >= 4 is 11.6 Å². The standard InChI is InChI=1S/C38H55N2O3/c1-4-6-7-8-9-10-11-12-13-14-15-16-17-23-30-43-36-28-27-33(31-37(36)42-3)32-40(34-24-19-18-20-25-34)38(41)35-26-21-22-29-39(35)5-2/h18-22,24-29,31H,4-17,23,30,32H2,1-3H3/q+1. The minimum absolute atomic E-state index is 0.0363. The van der Waals surface area contributed by atoms with Gasteiger partial charge in [-0.05, 0) is 49.2 Å². The van der Waals surface area contributed by atoms with Gasteiger partial charge in [-0.2, -0.15) is 4.57 Å². The molecule has 234 valence electrons. The van der Waals surface area contributed by atoms with Crippen molar-refractivity contribution in [2.24, 2.45) is 0 Å². The number of aromatic nitrogens is 1. The van der Waals surface area contributed by atoms with E-state index in [2.05, 4.69) is 6.92 Å². The molecular formula is C38H55N2O3+. The van der Waals surface area contributed by atoms with Gasteiger partial charge in [0.05, 0.1) is 20.3 Å². The van der Waals surface area contributed by atoms with Crippen LogP contribution in [0.5, 0.6) is 11.5 Å². The topological polar surface area (TPSA) is 42.7 Å². The summed E-state index contributed by atoms with van der Waals surface area (Å²) in [6.45, 7) is 6.17. The van der Waals surface area contributed by atoms with Gasteiger partial charge in [0.25, 0.3) is 5.69 Å². The second kappa shape index (κ2) is 20.5. The number of pyridine rings is 1. The van der Waals surface area contributed by atoms with Crippen molar-refractivity contribution in [2.45, 2.75) is 117 Å². The van der Waals surface area contributed by atoms with E-state index in [-0.39, 0.29) is 5.91 Å². The van der Waals surface area contributed by atoms with E-state index in [0.29, 0.717) is 24.6 Å². The molecule has 1 heterocycles. The number of aryl methyl sites for hydroxylation is 1. The average Bonchev–Trinajstić information content (AvgIpc) is 3.05. The molecule has 0 aliphatic heterocycles. The molecule has 0 N–H and O–H groups in total. The van der Waals surface area contributed by atoms with Crippen LogP contribution in [0.25, 0.3) is 0 Å². The van der Waals surface area contributed by atoms with Gasteiger partial charge in [-0.3, -0.25) is 9.69 Å². The zero-order valence-corrected chi connectivity index (χ0v) is 27.1. The molecule has 43 heavy (non-hydrogen) atoms. The molecule has 0 saturated carbocycles. The predicted molar refractivity (Wildman–Crippen MR) is 178 cm³/mol. The molecule has 0 unspecified atom stereocenters.